The Bertz CT molecular complexity index is 1220. The van der Waals surface area contributed by atoms with Crippen molar-refractivity contribution in [1.29, 1.82) is 0 Å². The summed E-state index contributed by atoms with van der Waals surface area (Å²) in [5, 5.41) is 12.7. The van der Waals surface area contributed by atoms with Crippen LogP contribution < -0.4 is 10.7 Å². The highest BCUT2D eigenvalue weighted by Gasteiger charge is 2.50. The Morgan fingerprint density at radius 3 is 2.63 bits per heavy atom. The Kier molecular flexibility index (Phi) is 6.33. The molecule has 1 aromatic carbocycles. The van der Waals surface area contributed by atoms with Gasteiger partial charge in [0.25, 0.3) is 5.91 Å². The highest BCUT2D eigenvalue weighted by atomic mass is 32.2. The molecule has 0 radical (unpaired) electrons. The number of amides is 4. The normalized spacial score (nSPS) is 20.8. The molecular weight excluding hydrogens is 468 g/mol. The van der Waals surface area contributed by atoms with Crippen LogP contribution in [-0.4, -0.2) is 43.4 Å². The van der Waals surface area contributed by atoms with Gasteiger partial charge in [-0.1, -0.05) is 61.4 Å². The molecule has 0 bridgehead atoms. The molecule has 5 rings (SSSR count). The average Bonchev–Trinajstić information content (AvgIpc) is 3.60. The number of hydrazine groups is 1. The van der Waals surface area contributed by atoms with Crippen molar-refractivity contribution in [1.82, 2.24) is 30.5 Å². The molecule has 1 atom stereocenters. The third kappa shape index (κ3) is 4.43. The number of hydrogen-bond acceptors (Lipinski definition) is 7. The maximum Gasteiger partial charge on any atom is 0.344 e. The van der Waals surface area contributed by atoms with Crippen LogP contribution in [0.5, 0.6) is 0 Å². The van der Waals surface area contributed by atoms with Gasteiger partial charge in [0.05, 0.1) is 12.0 Å². The Morgan fingerprint density at radius 2 is 1.91 bits per heavy atom. The summed E-state index contributed by atoms with van der Waals surface area (Å²) in [5.41, 5.74) is 1.83. The predicted octanol–water partition coefficient (Wildman–Crippen LogP) is 3.63. The molecule has 2 N–H and O–H groups in total. The molecule has 182 valence electrons. The second-order valence-electron chi connectivity index (χ2n) is 8.83. The van der Waals surface area contributed by atoms with E-state index in [1.165, 1.54) is 18.2 Å². The molecule has 10 nitrogen and oxygen atoms in total. The summed E-state index contributed by atoms with van der Waals surface area (Å²) in [4.78, 5) is 38.3. The summed E-state index contributed by atoms with van der Waals surface area (Å²) >= 11 is 1.21. The summed E-state index contributed by atoms with van der Waals surface area (Å²) in [6, 6.07) is 12.1. The number of carbonyl (C=O) groups excluding carboxylic acids is 3. The lowest BCUT2D eigenvalue weighted by Crippen LogP contribution is -2.48. The van der Waals surface area contributed by atoms with E-state index in [1.54, 1.807) is 43.5 Å². The number of nitrogens with zero attached hydrogens (tertiary/aromatic N) is 4. The minimum atomic E-state index is -1.25. The fourth-order valence-electron chi connectivity index (χ4n) is 4.61. The fraction of sp³-hybridized carbons (Fsp3) is 0.375. The van der Waals surface area contributed by atoms with E-state index in [9.17, 15) is 14.4 Å². The molecule has 1 unspecified atom stereocenters. The first-order chi connectivity index (χ1) is 17.0. The molecule has 2 aromatic heterocycles. The Morgan fingerprint density at radius 1 is 1.14 bits per heavy atom. The van der Waals surface area contributed by atoms with Crippen LogP contribution in [0.25, 0.3) is 11.6 Å². The summed E-state index contributed by atoms with van der Waals surface area (Å²) < 4.78 is 7.61. The van der Waals surface area contributed by atoms with Crippen molar-refractivity contribution >= 4 is 29.6 Å². The molecule has 1 saturated heterocycles. The number of carbonyl (C=O) groups is 3. The maximum absolute atomic E-state index is 13.0. The van der Waals surface area contributed by atoms with Crippen LogP contribution in [0.4, 0.5) is 4.79 Å². The number of urea groups is 1. The highest BCUT2D eigenvalue weighted by Crippen LogP contribution is 2.35. The molecule has 0 spiro atoms. The smallest absolute Gasteiger partial charge is 0.344 e. The number of furan rings is 1. The van der Waals surface area contributed by atoms with Crippen molar-refractivity contribution in [2.24, 2.45) is 0 Å². The van der Waals surface area contributed by atoms with E-state index in [-0.39, 0.29) is 11.8 Å². The van der Waals surface area contributed by atoms with Gasteiger partial charge in [0, 0.05) is 6.04 Å². The van der Waals surface area contributed by atoms with Gasteiger partial charge in [-0.3, -0.25) is 19.6 Å². The van der Waals surface area contributed by atoms with Gasteiger partial charge in [-0.2, -0.15) is 5.01 Å². The minimum absolute atomic E-state index is 0.0396. The van der Waals surface area contributed by atoms with Crippen molar-refractivity contribution in [3.63, 3.8) is 0 Å². The fourth-order valence-corrected chi connectivity index (χ4v) is 5.41. The molecule has 2 aliphatic rings. The van der Waals surface area contributed by atoms with Gasteiger partial charge in [-0.25, -0.2) is 4.79 Å². The predicted molar refractivity (Wildman–Crippen MR) is 128 cm³/mol. The van der Waals surface area contributed by atoms with Gasteiger partial charge >= 0.3 is 6.03 Å². The maximum atomic E-state index is 13.0. The molecule has 1 aliphatic carbocycles. The van der Waals surface area contributed by atoms with Crippen LogP contribution in [-0.2, 0) is 15.1 Å². The van der Waals surface area contributed by atoms with Gasteiger partial charge in [0.15, 0.2) is 10.9 Å². The first-order valence-electron chi connectivity index (χ1n) is 11.6. The molecule has 3 aromatic rings. The Labute approximate surface area is 206 Å². The molecule has 2 fully saturated rings. The van der Waals surface area contributed by atoms with Crippen molar-refractivity contribution in [2.75, 3.05) is 5.75 Å². The number of benzene rings is 1. The zero-order chi connectivity index (χ0) is 24.4. The lowest BCUT2D eigenvalue weighted by atomic mass is 9.92. The largest absolute Gasteiger partial charge is 0.461 e. The SMILES string of the molecule is CC1(c2ccccc2)NC(=O)N(NC(=O)CSc2nnc(-c3ccco3)n2C2CCCCC2)C1=O. The molecule has 11 heteroatoms. The molecule has 4 amide bonds. The van der Waals surface area contributed by atoms with Crippen molar-refractivity contribution in [2.45, 2.75) is 55.8 Å². The quantitative estimate of drug-likeness (QED) is 0.380. The second-order valence-corrected chi connectivity index (χ2v) is 9.77. The molecule has 1 saturated carbocycles. The monoisotopic (exact) mass is 494 g/mol. The molecule has 35 heavy (non-hydrogen) atoms. The van der Waals surface area contributed by atoms with Crippen LogP contribution >= 0.6 is 11.8 Å². The van der Waals surface area contributed by atoms with E-state index in [4.69, 9.17) is 4.42 Å². The van der Waals surface area contributed by atoms with Gasteiger partial charge in [-0.05, 0) is 37.5 Å². The van der Waals surface area contributed by atoms with Crippen molar-refractivity contribution < 1.29 is 18.8 Å². The van der Waals surface area contributed by atoms with Crippen LogP contribution in [0.1, 0.15) is 50.6 Å². The van der Waals surface area contributed by atoms with E-state index >= 15 is 0 Å². The van der Waals surface area contributed by atoms with Gasteiger partial charge in [-0.15, -0.1) is 10.2 Å². The van der Waals surface area contributed by atoms with Crippen LogP contribution in [0, 0.1) is 0 Å². The molecule has 3 heterocycles. The number of hydrogen-bond donors (Lipinski definition) is 2. The van der Waals surface area contributed by atoms with Gasteiger partial charge < -0.3 is 9.73 Å². The third-order valence-corrected chi connectivity index (χ3v) is 7.40. The molecule has 1 aliphatic heterocycles. The first kappa shape index (κ1) is 23.2. The van der Waals surface area contributed by atoms with Crippen LogP contribution in [0.15, 0.2) is 58.3 Å². The van der Waals surface area contributed by atoms with Gasteiger partial charge in [0.2, 0.25) is 11.7 Å². The molecular formula is C24H26N6O4S. The zero-order valence-electron chi connectivity index (χ0n) is 19.3. The van der Waals surface area contributed by atoms with Crippen molar-refractivity contribution in [3.05, 3.63) is 54.3 Å². The van der Waals surface area contributed by atoms with Gasteiger partial charge in [0.1, 0.15) is 5.54 Å². The number of aromatic nitrogens is 3. The van der Waals surface area contributed by atoms with E-state index in [2.05, 4.69) is 25.5 Å². The Balaban J connectivity index is 1.29. The summed E-state index contributed by atoms with van der Waals surface area (Å²) in [6.45, 7) is 1.62. The Hall–Kier alpha value is -3.60. The van der Waals surface area contributed by atoms with E-state index in [0.717, 1.165) is 30.7 Å². The standard InChI is InChI=1S/C24H26N6O4S/c1-24(16-9-4-2-5-10-16)21(32)30(22(33)25-24)28-19(31)15-35-23-27-26-20(18-13-8-14-34-18)29(23)17-11-6-3-7-12-17/h2,4-5,8-10,13-14,17H,3,6-7,11-12,15H2,1H3,(H,25,33)(H,28,31). The van der Waals surface area contributed by atoms with Crippen LogP contribution in [0.3, 0.4) is 0 Å². The summed E-state index contributed by atoms with van der Waals surface area (Å²) in [6.07, 6.45) is 7.05. The number of rotatable bonds is 7. The van der Waals surface area contributed by atoms with E-state index in [1.807, 2.05) is 12.1 Å². The third-order valence-electron chi connectivity index (χ3n) is 6.46. The van der Waals surface area contributed by atoms with E-state index in [0.29, 0.717) is 22.3 Å². The highest BCUT2D eigenvalue weighted by molar-refractivity contribution is 7.99. The number of imide groups is 1. The first-order valence-corrected chi connectivity index (χ1v) is 12.6. The van der Waals surface area contributed by atoms with Crippen molar-refractivity contribution in [3.8, 4) is 11.6 Å². The zero-order valence-corrected chi connectivity index (χ0v) is 20.1. The topological polar surface area (TPSA) is 122 Å². The van der Waals surface area contributed by atoms with Crippen LogP contribution in [0.2, 0.25) is 0 Å². The average molecular weight is 495 g/mol. The lowest BCUT2D eigenvalue weighted by molar-refractivity contribution is -0.138. The lowest BCUT2D eigenvalue weighted by Gasteiger charge is -2.25. The number of thioether (sulfide) groups is 1. The summed E-state index contributed by atoms with van der Waals surface area (Å²) in [5.74, 6) is 0.185. The summed E-state index contributed by atoms with van der Waals surface area (Å²) in [7, 11) is 0. The minimum Gasteiger partial charge on any atom is -0.461 e. The second kappa shape index (κ2) is 9.57. The van der Waals surface area contributed by atoms with E-state index < -0.39 is 23.4 Å². The number of nitrogens with one attached hydrogen (secondary N) is 2.